The Balaban J connectivity index is 1.72. The molecule has 0 aliphatic heterocycles. The Bertz CT molecular complexity index is 1110. The molecule has 7 nitrogen and oxygen atoms in total. The standard InChI is InChI=1S/C21H20N4O3/c1-26-16-7-5-15(6-8-16)24-20-10-11-22-21-17(13-23-25(20)21)14-4-9-18(27-2)19(12-14)28-3/h4-13,24H,1-3H3. The first kappa shape index (κ1) is 17.7. The monoisotopic (exact) mass is 376 g/mol. The minimum atomic E-state index is 0.659. The van der Waals surface area contributed by atoms with Gasteiger partial charge in [0.1, 0.15) is 11.6 Å². The molecular formula is C21H20N4O3. The lowest BCUT2D eigenvalue weighted by Gasteiger charge is -2.10. The highest BCUT2D eigenvalue weighted by Crippen LogP contribution is 2.34. The van der Waals surface area contributed by atoms with Crippen LogP contribution in [0.5, 0.6) is 17.2 Å². The lowest BCUT2D eigenvalue weighted by atomic mass is 10.1. The summed E-state index contributed by atoms with van der Waals surface area (Å²) in [6, 6.07) is 15.3. The van der Waals surface area contributed by atoms with E-state index in [0.29, 0.717) is 11.5 Å². The number of ether oxygens (including phenoxy) is 3. The van der Waals surface area contributed by atoms with Crippen molar-refractivity contribution < 1.29 is 14.2 Å². The van der Waals surface area contributed by atoms with Gasteiger partial charge in [-0.2, -0.15) is 9.61 Å². The Morgan fingerprint density at radius 2 is 1.64 bits per heavy atom. The summed E-state index contributed by atoms with van der Waals surface area (Å²) >= 11 is 0. The highest BCUT2D eigenvalue weighted by Gasteiger charge is 2.13. The first-order valence-electron chi connectivity index (χ1n) is 8.69. The van der Waals surface area contributed by atoms with Gasteiger partial charge in [-0.3, -0.25) is 0 Å². The van der Waals surface area contributed by atoms with E-state index in [4.69, 9.17) is 14.2 Å². The zero-order valence-electron chi connectivity index (χ0n) is 15.8. The second-order valence-corrected chi connectivity index (χ2v) is 6.05. The quantitative estimate of drug-likeness (QED) is 0.545. The third kappa shape index (κ3) is 3.18. The van der Waals surface area contributed by atoms with Crippen LogP contribution < -0.4 is 19.5 Å². The van der Waals surface area contributed by atoms with Crippen molar-refractivity contribution in [3.63, 3.8) is 0 Å². The molecule has 0 saturated heterocycles. The molecule has 28 heavy (non-hydrogen) atoms. The zero-order valence-corrected chi connectivity index (χ0v) is 15.8. The molecule has 0 unspecified atom stereocenters. The Morgan fingerprint density at radius 3 is 2.36 bits per heavy atom. The molecule has 4 aromatic rings. The largest absolute Gasteiger partial charge is 0.497 e. The molecule has 0 spiro atoms. The van der Waals surface area contributed by atoms with Crippen LogP contribution in [0.15, 0.2) is 60.9 Å². The van der Waals surface area contributed by atoms with Crippen LogP contribution in [0.2, 0.25) is 0 Å². The molecule has 0 amide bonds. The van der Waals surface area contributed by atoms with Gasteiger partial charge in [0.15, 0.2) is 17.1 Å². The number of hydrogen-bond donors (Lipinski definition) is 1. The summed E-state index contributed by atoms with van der Waals surface area (Å²) in [4.78, 5) is 4.51. The number of hydrogen-bond acceptors (Lipinski definition) is 6. The topological polar surface area (TPSA) is 69.9 Å². The third-order valence-corrected chi connectivity index (χ3v) is 4.46. The molecule has 0 atom stereocenters. The molecular weight excluding hydrogens is 356 g/mol. The minimum absolute atomic E-state index is 0.659. The van der Waals surface area contributed by atoms with E-state index >= 15 is 0 Å². The molecule has 0 aliphatic rings. The van der Waals surface area contributed by atoms with Crippen LogP contribution in [0.3, 0.4) is 0 Å². The Hall–Kier alpha value is -3.74. The van der Waals surface area contributed by atoms with Crippen LogP contribution in [0.25, 0.3) is 16.8 Å². The van der Waals surface area contributed by atoms with E-state index in [-0.39, 0.29) is 0 Å². The van der Waals surface area contributed by atoms with Crippen molar-refractivity contribution in [2.75, 3.05) is 26.6 Å². The SMILES string of the molecule is COc1ccc(Nc2ccnc3c(-c4ccc(OC)c(OC)c4)cnn23)cc1. The van der Waals surface area contributed by atoms with E-state index in [1.807, 2.05) is 48.5 Å². The number of fused-ring (bicyclic) bond motifs is 1. The van der Waals surface area contributed by atoms with Crippen LogP contribution in [0.4, 0.5) is 11.5 Å². The van der Waals surface area contributed by atoms with Crippen LogP contribution in [-0.2, 0) is 0 Å². The number of aromatic nitrogens is 3. The maximum absolute atomic E-state index is 5.41. The third-order valence-electron chi connectivity index (χ3n) is 4.46. The summed E-state index contributed by atoms with van der Waals surface area (Å²) in [5, 5.41) is 7.88. The van der Waals surface area contributed by atoms with Gasteiger partial charge in [0.25, 0.3) is 0 Å². The summed E-state index contributed by atoms with van der Waals surface area (Å²) in [7, 11) is 4.88. The Labute approximate surface area is 162 Å². The van der Waals surface area contributed by atoms with Gasteiger partial charge in [0.05, 0.1) is 27.5 Å². The summed E-state index contributed by atoms with van der Waals surface area (Å²) in [5.74, 6) is 2.95. The smallest absolute Gasteiger partial charge is 0.165 e. The van der Waals surface area contributed by atoms with Crippen LogP contribution >= 0.6 is 0 Å². The molecule has 0 fully saturated rings. The Kier molecular flexibility index (Phi) is 4.72. The summed E-state index contributed by atoms with van der Waals surface area (Å²) in [6.45, 7) is 0. The average Bonchev–Trinajstić information content (AvgIpc) is 3.19. The molecule has 2 aromatic heterocycles. The molecule has 2 heterocycles. The number of nitrogens with zero attached hydrogens (tertiary/aromatic N) is 3. The zero-order chi connectivity index (χ0) is 19.5. The number of methoxy groups -OCH3 is 3. The minimum Gasteiger partial charge on any atom is -0.497 e. The van der Waals surface area contributed by atoms with E-state index in [2.05, 4.69) is 15.4 Å². The lowest BCUT2D eigenvalue weighted by Crippen LogP contribution is -2.00. The summed E-state index contributed by atoms with van der Waals surface area (Å²) < 4.78 is 17.7. The number of rotatable bonds is 6. The van der Waals surface area contributed by atoms with Crippen molar-refractivity contribution in [2.24, 2.45) is 0 Å². The molecule has 4 rings (SSSR count). The van der Waals surface area contributed by atoms with Crippen molar-refractivity contribution in [1.82, 2.24) is 14.6 Å². The van der Waals surface area contributed by atoms with Gasteiger partial charge in [-0.05, 0) is 48.0 Å². The van der Waals surface area contributed by atoms with E-state index in [0.717, 1.165) is 34.0 Å². The molecule has 1 N–H and O–H groups in total. The fourth-order valence-electron chi connectivity index (χ4n) is 3.02. The summed E-state index contributed by atoms with van der Waals surface area (Å²) in [6.07, 6.45) is 3.55. The van der Waals surface area contributed by atoms with Crippen LogP contribution in [-0.4, -0.2) is 35.9 Å². The molecule has 0 saturated carbocycles. The van der Waals surface area contributed by atoms with Crippen LogP contribution in [0.1, 0.15) is 0 Å². The van der Waals surface area contributed by atoms with E-state index < -0.39 is 0 Å². The Morgan fingerprint density at radius 1 is 0.857 bits per heavy atom. The maximum atomic E-state index is 5.41. The van der Waals surface area contributed by atoms with Gasteiger partial charge in [-0.25, -0.2) is 4.98 Å². The second-order valence-electron chi connectivity index (χ2n) is 6.05. The van der Waals surface area contributed by atoms with Gasteiger partial charge >= 0.3 is 0 Å². The second kappa shape index (κ2) is 7.48. The number of nitrogens with one attached hydrogen (secondary N) is 1. The van der Waals surface area contributed by atoms with Crippen molar-refractivity contribution in [3.05, 3.63) is 60.9 Å². The fourth-order valence-corrected chi connectivity index (χ4v) is 3.02. The van der Waals surface area contributed by atoms with Crippen LogP contribution in [0, 0.1) is 0 Å². The van der Waals surface area contributed by atoms with E-state index in [1.54, 1.807) is 38.2 Å². The average molecular weight is 376 g/mol. The van der Waals surface area contributed by atoms with Crippen molar-refractivity contribution in [2.45, 2.75) is 0 Å². The lowest BCUT2D eigenvalue weighted by molar-refractivity contribution is 0.355. The molecule has 0 aliphatic carbocycles. The normalized spacial score (nSPS) is 10.7. The van der Waals surface area contributed by atoms with E-state index in [1.165, 1.54) is 0 Å². The molecule has 142 valence electrons. The first-order valence-corrected chi connectivity index (χ1v) is 8.69. The van der Waals surface area contributed by atoms with Crippen molar-refractivity contribution in [3.8, 4) is 28.4 Å². The van der Waals surface area contributed by atoms with Gasteiger partial charge in [0.2, 0.25) is 0 Å². The van der Waals surface area contributed by atoms with E-state index in [9.17, 15) is 0 Å². The van der Waals surface area contributed by atoms with Crippen molar-refractivity contribution in [1.29, 1.82) is 0 Å². The highest BCUT2D eigenvalue weighted by atomic mass is 16.5. The molecule has 0 bridgehead atoms. The fraction of sp³-hybridized carbons (Fsp3) is 0.143. The summed E-state index contributed by atoms with van der Waals surface area (Å²) in [5.41, 5.74) is 3.52. The number of benzene rings is 2. The van der Waals surface area contributed by atoms with Gasteiger partial charge in [-0.15, -0.1) is 0 Å². The first-order chi connectivity index (χ1) is 13.7. The highest BCUT2D eigenvalue weighted by molar-refractivity contribution is 5.79. The van der Waals surface area contributed by atoms with Gasteiger partial charge < -0.3 is 19.5 Å². The van der Waals surface area contributed by atoms with Gasteiger partial charge in [0, 0.05) is 17.4 Å². The predicted molar refractivity (Wildman–Crippen MR) is 108 cm³/mol. The molecule has 2 aromatic carbocycles. The van der Waals surface area contributed by atoms with Gasteiger partial charge in [-0.1, -0.05) is 6.07 Å². The molecule has 7 heteroatoms. The molecule has 0 radical (unpaired) electrons. The van der Waals surface area contributed by atoms with Crippen molar-refractivity contribution >= 4 is 17.2 Å². The number of anilines is 2. The predicted octanol–water partition coefficient (Wildman–Crippen LogP) is 4.17. The maximum Gasteiger partial charge on any atom is 0.165 e.